The molecule has 2 heterocycles. The zero-order valence-corrected chi connectivity index (χ0v) is 10.1. The summed E-state index contributed by atoms with van der Waals surface area (Å²) in [6.07, 6.45) is 3.91. The molecule has 0 bridgehead atoms. The molecule has 3 nitrogen and oxygen atoms in total. The number of nitrogens with zero attached hydrogens (tertiary/aromatic N) is 2. The molecule has 0 amide bonds. The Hall–Kier alpha value is -2.10. The summed E-state index contributed by atoms with van der Waals surface area (Å²) in [5, 5.41) is 0. The van der Waals surface area contributed by atoms with E-state index in [0.29, 0.717) is 5.69 Å². The molecule has 0 unspecified atom stereocenters. The van der Waals surface area contributed by atoms with Crippen molar-refractivity contribution in [3.63, 3.8) is 0 Å². The van der Waals surface area contributed by atoms with Gasteiger partial charge in [0.2, 0.25) is 0 Å². The van der Waals surface area contributed by atoms with E-state index in [9.17, 15) is 9.18 Å². The average molecular weight is 244 g/mol. The van der Waals surface area contributed by atoms with E-state index in [1.807, 2.05) is 19.1 Å². The predicted molar refractivity (Wildman–Crippen MR) is 65.8 cm³/mol. The second-order valence-corrected chi connectivity index (χ2v) is 3.97. The average Bonchev–Trinajstić information content (AvgIpc) is 2.40. The number of aromatic nitrogens is 2. The van der Waals surface area contributed by atoms with E-state index in [0.717, 1.165) is 18.2 Å². The molecule has 0 aromatic carbocycles. The van der Waals surface area contributed by atoms with Crippen molar-refractivity contribution >= 4 is 5.78 Å². The van der Waals surface area contributed by atoms with Crippen molar-refractivity contribution < 1.29 is 9.18 Å². The predicted octanol–water partition coefficient (Wildman–Crippen LogP) is 2.60. The van der Waals surface area contributed by atoms with Crippen LogP contribution >= 0.6 is 0 Å². The Labute approximate surface area is 105 Å². The minimum absolute atomic E-state index is 0.160. The quantitative estimate of drug-likeness (QED) is 0.776. The third-order valence-corrected chi connectivity index (χ3v) is 2.65. The summed E-state index contributed by atoms with van der Waals surface area (Å²) >= 11 is 0. The molecule has 0 spiro atoms. The van der Waals surface area contributed by atoms with Crippen molar-refractivity contribution in [1.29, 1.82) is 0 Å². The number of hydrogen-bond acceptors (Lipinski definition) is 3. The van der Waals surface area contributed by atoms with Gasteiger partial charge in [0.1, 0.15) is 11.5 Å². The summed E-state index contributed by atoms with van der Waals surface area (Å²) in [5.41, 5.74) is 2.09. The first-order valence-corrected chi connectivity index (χ1v) is 5.77. The van der Waals surface area contributed by atoms with E-state index < -0.39 is 5.82 Å². The maximum Gasteiger partial charge on any atom is 0.187 e. The smallest absolute Gasteiger partial charge is 0.187 e. The van der Waals surface area contributed by atoms with E-state index in [2.05, 4.69) is 9.97 Å². The van der Waals surface area contributed by atoms with Gasteiger partial charge in [-0.3, -0.25) is 14.8 Å². The number of carbonyl (C=O) groups is 1. The maximum atomic E-state index is 12.7. The Morgan fingerprint density at radius 3 is 2.56 bits per heavy atom. The topological polar surface area (TPSA) is 42.9 Å². The highest BCUT2D eigenvalue weighted by atomic mass is 19.1. The second kappa shape index (κ2) is 5.49. The number of hydrogen-bond donors (Lipinski definition) is 0. The molecular weight excluding hydrogens is 231 g/mol. The summed E-state index contributed by atoms with van der Waals surface area (Å²) in [6.45, 7) is 2.05. The fourth-order valence-electron chi connectivity index (χ4n) is 1.56. The highest BCUT2D eigenvalue weighted by Crippen LogP contribution is 2.06. The van der Waals surface area contributed by atoms with Crippen molar-refractivity contribution in [3.8, 4) is 0 Å². The lowest BCUT2D eigenvalue weighted by molar-refractivity contribution is 0.0987. The standard InChI is InChI=1S/C14H13FN2O/c1-2-10-3-5-12(16-8-10)7-14(18)13-6-4-11(15)9-17-13/h3-6,8-9H,2,7H2,1H3. The minimum atomic E-state index is -0.447. The highest BCUT2D eigenvalue weighted by Gasteiger charge is 2.09. The Balaban J connectivity index is 2.08. The first-order valence-electron chi connectivity index (χ1n) is 5.77. The molecule has 0 aliphatic carbocycles. The summed E-state index contributed by atoms with van der Waals surface area (Å²) < 4.78 is 12.7. The van der Waals surface area contributed by atoms with Gasteiger partial charge in [-0.05, 0) is 30.2 Å². The fraction of sp³-hybridized carbons (Fsp3) is 0.214. The number of pyridine rings is 2. The molecule has 18 heavy (non-hydrogen) atoms. The number of Topliss-reactive ketones (excluding diaryl/α,β-unsaturated/α-hetero) is 1. The van der Waals surface area contributed by atoms with Crippen LogP contribution in [0.5, 0.6) is 0 Å². The van der Waals surface area contributed by atoms with Gasteiger partial charge in [-0.1, -0.05) is 13.0 Å². The Kier molecular flexibility index (Phi) is 3.77. The van der Waals surface area contributed by atoms with E-state index in [-0.39, 0.29) is 17.9 Å². The summed E-state index contributed by atoms with van der Waals surface area (Å²) in [7, 11) is 0. The van der Waals surface area contributed by atoms with Gasteiger partial charge in [0.15, 0.2) is 5.78 Å². The number of halogens is 1. The Morgan fingerprint density at radius 1 is 1.17 bits per heavy atom. The van der Waals surface area contributed by atoms with E-state index in [1.165, 1.54) is 12.1 Å². The Morgan fingerprint density at radius 2 is 2.00 bits per heavy atom. The van der Waals surface area contributed by atoms with E-state index in [4.69, 9.17) is 0 Å². The number of carbonyl (C=O) groups excluding carboxylic acids is 1. The van der Waals surface area contributed by atoms with Gasteiger partial charge in [-0.2, -0.15) is 0 Å². The third-order valence-electron chi connectivity index (χ3n) is 2.65. The lowest BCUT2D eigenvalue weighted by Crippen LogP contribution is -2.07. The maximum absolute atomic E-state index is 12.7. The zero-order chi connectivity index (χ0) is 13.0. The summed E-state index contributed by atoms with van der Waals surface area (Å²) in [4.78, 5) is 19.8. The molecule has 0 aliphatic rings. The number of rotatable bonds is 4. The van der Waals surface area contributed by atoms with Crippen LogP contribution in [0.3, 0.4) is 0 Å². The van der Waals surface area contributed by atoms with Gasteiger partial charge in [-0.15, -0.1) is 0 Å². The van der Waals surface area contributed by atoms with Crippen molar-refractivity contribution in [2.45, 2.75) is 19.8 Å². The summed E-state index contributed by atoms with van der Waals surface area (Å²) in [5.74, 6) is -0.608. The van der Waals surface area contributed by atoms with Gasteiger partial charge >= 0.3 is 0 Å². The van der Waals surface area contributed by atoms with E-state index >= 15 is 0 Å². The first-order chi connectivity index (χ1) is 8.69. The molecule has 2 aromatic heterocycles. The van der Waals surface area contributed by atoms with E-state index in [1.54, 1.807) is 6.20 Å². The van der Waals surface area contributed by atoms with Gasteiger partial charge in [-0.25, -0.2) is 4.39 Å². The van der Waals surface area contributed by atoms with Gasteiger partial charge in [0.05, 0.1) is 12.6 Å². The Bertz CT molecular complexity index is 535. The van der Waals surface area contributed by atoms with Crippen LogP contribution < -0.4 is 0 Å². The molecule has 0 radical (unpaired) electrons. The molecule has 0 fully saturated rings. The third kappa shape index (κ3) is 2.97. The molecule has 2 rings (SSSR count). The molecule has 0 N–H and O–H groups in total. The number of aryl methyl sites for hydroxylation is 1. The molecule has 92 valence electrons. The molecule has 0 saturated heterocycles. The van der Waals surface area contributed by atoms with Crippen molar-refractivity contribution in [3.05, 3.63) is 59.4 Å². The van der Waals surface area contributed by atoms with Crippen LogP contribution in [0.15, 0.2) is 36.7 Å². The fourth-order valence-corrected chi connectivity index (χ4v) is 1.56. The highest BCUT2D eigenvalue weighted by molar-refractivity contribution is 5.95. The first kappa shape index (κ1) is 12.4. The van der Waals surface area contributed by atoms with Gasteiger partial charge in [0.25, 0.3) is 0 Å². The van der Waals surface area contributed by atoms with Crippen molar-refractivity contribution in [2.24, 2.45) is 0 Å². The van der Waals surface area contributed by atoms with Gasteiger partial charge in [0, 0.05) is 11.9 Å². The van der Waals surface area contributed by atoms with Crippen molar-refractivity contribution in [1.82, 2.24) is 9.97 Å². The van der Waals surface area contributed by atoms with Crippen LogP contribution in [0.25, 0.3) is 0 Å². The van der Waals surface area contributed by atoms with Crippen LogP contribution in [0.2, 0.25) is 0 Å². The monoisotopic (exact) mass is 244 g/mol. The normalized spacial score (nSPS) is 10.3. The van der Waals surface area contributed by atoms with Crippen LogP contribution in [0.1, 0.15) is 28.7 Å². The molecular formula is C14H13FN2O. The van der Waals surface area contributed by atoms with Crippen LogP contribution in [0, 0.1) is 5.82 Å². The van der Waals surface area contributed by atoms with Crippen molar-refractivity contribution in [2.75, 3.05) is 0 Å². The van der Waals surface area contributed by atoms with Crippen LogP contribution in [-0.2, 0) is 12.8 Å². The number of ketones is 1. The minimum Gasteiger partial charge on any atom is -0.292 e. The zero-order valence-electron chi connectivity index (χ0n) is 10.1. The summed E-state index contributed by atoms with van der Waals surface area (Å²) in [6, 6.07) is 6.40. The molecule has 0 atom stereocenters. The lowest BCUT2D eigenvalue weighted by Gasteiger charge is -2.01. The van der Waals surface area contributed by atoms with Crippen LogP contribution in [0.4, 0.5) is 4.39 Å². The molecule has 2 aromatic rings. The van der Waals surface area contributed by atoms with Crippen LogP contribution in [-0.4, -0.2) is 15.8 Å². The molecule has 0 aliphatic heterocycles. The SMILES string of the molecule is CCc1ccc(CC(=O)c2ccc(F)cn2)nc1. The lowest BCUT2D eigenvalue weighted by atomic mass is 10.1. The molecule has 4 heteroatoms. The van der Waals surface area contributed by atoms with Gasteiger partial charge < -0.3 is 0 Å². The second-order valence-electron chi connectivity index (χ2n) is 3.97. The largest absolute Gasteiger partial charge is 0.292 e. The molecule has 0 saturated carbocycles.